The monoisotopic (exact) mass is 426 g/mol. The Morgan fingerprint density at radius 1 is 0.731 bits per heavy atom. The molecule has 0 saturated heterocycles. The third-order valence-corrected chi connectivity index (χ3v) is 3.99. The summed E-state index contributed by atoms with van der Waals surface area (Å²) < 4.78 is 0. The van der Waals surface area contributed by atoms with Crippen molar-refractivity contribution in [2.45, 2.75) is 13.8 Å². The van der Waals surface area contributed by atoms with E-state index >= 15 is 0 Å². The Kier molecular flexibility index (Phi) is 7.79. The number of nitrogens with zero attached hydrogens (tertiary/aromatic N) is 4. The molecule has 0 unspecified atom stereocenters. The van der Waals surface area contributed by atoms with E-state index in [0.29, 0.717) is 10.0 Å². The molecule has 0 saturated carbocycles. The Morgan fingerprint density at radius 3 is 2.12 bits per heavy atom. The second-order valence-corrected chi connectivity index (χ2v) is 6.17. The van der Waals surface area contributed by atoms with Crippen LogP contribution in [0.25, 0.3) is 21.8 Å². The van der Waals surface area contributed by atoms with Crippen LogP contribution in [0.1, 0.15) is 13.8 Å². The highest BCUT2D eigenvalue weighted by atomic mass is 35.5. The molecule has 26 heavy (non-hydrogen) atoms. The molecule has 0 aliphatic heterocycles. The molecule has 0 bridgehead atoms. The van der Waals surface area contributed by atoms with Crippen LogP contribution in [0.15, 0.2) is 48.8 Å². The molecule has 0 aliphatic carbocycles. The van der Waals surface area contributed by atoms with Gasteiger partial charge in [0.05, 0.1) is 16.1 Å². The van der Waals surface area contributed by atoms with Crippen LogP contribution < -0.4 is 0 Å². The van der Waals surface area contributed by atoms with Gasteiger partial charge in [-0.1, -0.05) is 43.1 Å². The number of halogens is 4. The quantitative estimate of drug-likeness (QED) is 0.286. The molecule has 0 atom stereocenters. The molecular weight excluding hydrogens is 414 g/mol. The van der Waals surface area contributed by atoms with Gasteiger partial charge < -0.3 is 0 Å². The molecule has 4 aromatic rings. The molecule has 4 rings (SSSR count). The maximum atomic E-state index is 5.89. The van der Waals surface area contributed by atoms with Crippen molar-refractivity contribution in [3.63, 3.8) is 0 Å². The normalized spacial score (nSPS) is 9.92. The van der Waals surface area contributed by atoms with Crippen molar-refractivity contribution < 1.29 is 0 Å². The number of aromatic nitrogens is 4. The molecule has 4 nitrogen and oxygen atoms in total. The van der Waals surface area contributed by atoms with Crippen molar-refractivity contribution in [1.29, 1.82) is 0 Å². The summed E-state index contributed by atoms with van der Waals surface area (Å²) in [7, 11) is 0. The van der Waals surface area contributed by atoms with Gasteiger partial charge in [-0.05, 0) is 53.5 Å². The fourth-order valence-electron chi connectivity index (χ4n) is 1.97. The lowest BCUT2D eigenvalue weighted by Crippen LogP contribution is -1.83. The van der Waals surface area contributed by atoms with Gasteiger partial charge in [0.15, 0.2) is 0 Å². The zero-order chi connectivity index (χ0) is 19.1. The van der Waals surface area contributed by atoms with Gasteiger partial charge >= 0.3 is 0 Å². The molecule has 8 heteroatoms. The van der Waals surface area contributed by atoms with E-state index in [1.807, 2.05) is 32.0 Å². The van der Waals surface area contributed by atoms with Crippen LogP contribution in [-0.4, -0.2) is 19.9 Å². The maximum Gasteiger partial charge on any atom is 0.222 e. The van der Waals surface area contributed by atoms with Crippen molar-refractivity contribution >= 4 is 68.2 Å². The van der Waals surface area contributed by atoms with Crippen LogP contribution in [0.4, 0.5) is 0 Å². The standard InChI is InChI=1S/2C8H4Cl2N2.C2H6/c9-6-2-1-5-4-11-8(10)12-7(5)3-6;9-6-2-1-3-7-5(6)4-11-8(10)12-7;1-2/h2*1-4H;1-2H3. The SMILES string of the molecule is CC.Clc1ccc2cnc(Cl)nc2c1.Clc1ncc2c(Cl)cccc2n1. The van der Waals surface area contributed by atoms with E-state index in [4.69, 9.17) is 46.4 Å². The molecule has 0 aliphatic rings. The molecule has 2 aromatic heterocycles. The van der Waals surface area contributed by atoms with E-state index in [2.05, 4.69) is 19.9 Å². The van der Waals surface area contributed by atoms with E-state index in [-0.39, 0.29) is 10.6 Å². The molecule has 2 aromatic carbocycles. The smallest absolute Gasteiger partial charge is 0.222 e. The lowest BCUT2D eigenvalue weighted by molar-refractivity contribution is 1.22. The first-order valence-corrected chi connectivity index (χ1v) is 9.19. The summed E-state index contributed by atoms with van der Waals surface area (Å²) in [6.45, 7) is 4.00. The molecule has 0 radical (unpaired) electrons. The Morgan fingerprint density at radius 2 is 1.38 bits per heavy atom. The average Bonchev–Trinajstić information content (AvgIpc) is 2.63. The number of rotatable bonds is 0. The number of benzene rings is 2. The summed E-state index contributed by atoms with van der Waals surface area (Å²) in [5, 5.41) is 3.53. The van der Waals surface area contributed by atoms with Gasteiger partial charge in [-0.2, -0.15) is 0 Å². The van der Waals surface area contributed by atoms with E-state index in [9.17, 15) is 0 Å². The molecule has 0 fully saturated rings. The molecule has 0 amide bonds. The highest BCUT2D eigenvalue weighted by Crippen LogP contribution is 2.21. The summed E-state index contributed by atoms with van der Waals surface area (Å²) in [4.78, 5) is 15.7. The minimum absolute atomic E-state index is 0.241. The Labute approximate surface area is 171 Å². The van der Waals surface area contributed by atoms with Gasteiger partial charge in [0.2, 0.25) is 10.6 Å². The summed E-state index contributed by atoms with van der Waals surface area (Å²) in [6.07, 6.45) is 3.29. The van der Waals surface area contributed by atoms with Gasteiger partial charge in [0, 0.05) is 28.2 Å². The minimum atomic E-state index is 0.241. The molecule has 2 heterocycles. The van der Waals surface area contributed by atoms with Crippen LogP contribution in [0.5, 0.6) is 0 Å². The van der Waals surface area contributed by atoms with Crippen molar-refractivity contribution in [3.8, 4) is 0 Å². The van der Waals surface area contributed by atoms with E-state index < -0.39 is 0 Å². The minimum Gasteiger partial charge on any atom is -0.226 e. The highest BCUT2D eigenvalue weighted by Gasteiger charge is 2.00. The van der Waals surface area contributed by atoms with Crippen LogP contribution in [0.3, 0.4) is 0 Å². The third-order valence-electron chi connectivity index (χ3n) is 3.06. The van der Waals surface area contributed by atoms with Gasteiger partial charge in [0.25, 0.3) is 0 Å². The number of hydrogen-bond acceptors (Lipinski definition) is 4. The van der Waals surface area contributed by atoms with Crippen molar-refractivity contribution in [1.82, 2.24) is 19.9 Å². The number of fused-ring (bicyclic) bond motifs is 2. The Balaban J connectivity index is 0.000000171. The summed E-state index contributed by atoms with van der Waals surface area (Å²) in [5.74, 6) is 0. The first-order chi connectivity index (χ1) is 12.5. The van der Waals surface area contributed by atoms with Crippen LogP contribution in [-0.2, 0) is 0 Å². The molecular formula is C18H14Cl4N4. The summed E-state index contributed by atoms with van der Waals surface area (Å²) >= 11 is 22.9. The predicted molar refractivity (Wildman–Crippen MR) is 110 cm³/mol. The maximum absolute atomic E-state index is 5.89. The summed E-state index contributed by atoms with van der Waals surface area (Å²) in [6, 6.07) is 10.9. The van der Waals surface area contributed by atoms with Gasteiger partial charge in [-0.3, -0.25) is 0 Å². The molecule has 0 N–H and O–H groups in total. The fraction of sp³-hybridized carbons (Fsp3) is 0.111. The highest BCUT2D eigenvalue weighted by molar-refractivity contribution is 6.35. The number of hydrogen-bond donors (Lipinski definition) is 0. The second kappa shape index (κ2) is 9.83. The van der Waals surface area contributed by atoms with E-state index in [0.717, 1.165) is 21.8 Å². The third kappa shape index (κ3) is 5.39. The van der Waals surface area contributed by atoms with E-state index in [1.54, 1.807) is 30.6 Å². The predicted octanol–water partition coefficient (Wildman–Crippen LogP) is 6.90. The zero-order valence-electron chi connectivity index (χ0n) is 13.9. The average molecular weight is 428 g/mol. The van der Waals surface area contributed by atoms with Gasteiger partial charge in [0.1, 0.15) is 0 Å². The van der Waals surface area contributed by atoms with Crippen molar-refractivity contribution in [2.24, 2.45) is 0 Å². The van der Waals surface area contributed by atoms with Gasteiger partial charge in [-0.25, -0.2) is 19.9 Å². The van der Waals surface area contributed by atoms with Crippen molar-refractivity contribution in [2.75, 3.05) is 0 Å². The Hall–Kier alpha value is -1.72. The summed E-state index contributed by atoms with van der Waals surface area (Å²) in [5.41, 5.74) is 1.53. The Bertz CT molecular complexity index is 975. The fourth-order valence-corrected chi connectivity index (χ4v) is 2.64. The molecule has 134 valence electrons. The molecule has 0 spiro atoms. The van der Waals surface area contributed by atoms with Crippen LogP contribution in [0, 0.1) is 0 Å². The van der Waals surface area contributed by atoms with Crippen molar-refractivity contribution in [3.05, 3.63) is 69.4 Å². The topological polar surface area (TPSA) is 51.6 Å². The first kappa shape index (κ1) is 20.6. The van der Waals surface area contributed by atoms with Crippen LogP contribution in [0.2, 0.25) is 20.6 Å². The largest absolute Gasteiger partial charge is 0.226 e. The first-order valence-electron chi connectivity index (χ1n) is 7.67. The lowest BCUT2D eigenvalue weighted by Gasteiger charge is -1.97. The zero-order valence-corrected chi connectivity index (χ0v) is 16.9. The van der Waals surface area contributed by atoms with E-state index in [1.165, 1.54) is 0 Å². The second-order valence-electron chi connectivity index (χ2n) is 4.65. The van der Waals surface area contributed by atoms with Gasteiger partial charge in [-0.15, -0.1) is 0 Å². The van der Waals surface area contributed by atoms with Crippen LogP contribution >= 0.6 is 46.4 Å². The lowest BCUT2D eigenvalue weighted by atomic mass is 10.2.